The zero-order valence-corrected chi connectivity index (χ0v) is 15.7. The number of hydrogen-bond acceptors (Lipinski definition) is 5. The van der Waals surface area contributed by atoms with E-state index in [1.54, 1.807) is 19.2 Å². The van der Waals surface area contributed by atoms with E-state index >= 15 is 0 Å². The third kappa shape index (κ3) is 5.46. The Bertz CT molecular complexity index is 746. The maximum absolute atomic E-state index is 10.9. The fraction of sp³-hybridized carbons (Fsp3) is 0.400. The molecule has 2 rings (SSSR count). The number of methoxy groups -OCH3 is 1. The van der Waals surface area contributed by atoms with Crippen LogP contribution in [0.1, 0.15) is 37.9 Å². The van der Waals surface area contributed by atoms with Crippen LogP contribution in [-0.4, -0.2) is 18.6 Å². The van der Waals surface area contributed by atoms with Gasteiger partial charge in [-0.3, -0.25) is 10.1 Å². The van der Waals surface area contributed by atoms with E-state index in [4.69, 9.17) is 9.47 Å². The molecule has 26 heavy (non-hydrogen) atoms. The van der Waals surface area contributed by atoms with E-state index in [-0.39, 0.29) is 16.7 Å². The first-order valence-electron chi connectivity index (χ1n) is 8.68. The van der Waals surface area contributed by atoms with E-state index in [1.165, 1.54) is 6.07 Å². The van der Waals surface area contributed by atoms with E-state index in [0.29, 0.717) is 24.8 Å². The normalized spacial score (nSPS) is 12.0. The van der Waals surface area contributed by atoms with Crippen LogP contribution in [0.2, 0.25) is 0 Å². The van der Waals surface area contributed by atoms with E-state index in [1.807, 2.05) is 31.2 Å². The Hall–Kier alpha value is -2.60. The van der Waals surface area contributed by atoms with Crippen LogP contribution in [0, 0.1) is 16.0 Å². The van der Waals surface area contributed by atoms with Crippen LogP contribution in [0.3, 0.4) is 0 Å². The van der Waals surface area contributed by atoms with E-state index in [0.717, 1.165) is 16.9 Å². The highest BCUT2D eigenvalue weighted by atomic mass is 16.6. The lowest BCUT2D eigenvalue weighted by molar-refractivity contribution is -0.384. The molecule has 1 N–H and O–H groups in total. The van der Waals surface area contributed by atoms with Crippen LogP contribution in [0.25, 0.3) is 0 Å². The highest BCUT2D eigenvalue weighted by Crippen LogP contribution is 2.30. The second-order valence-electron chi connectivity index (χ2n) is 6.64. The monoisotopic (exact) mass is 358 g/mol. The fourth-order valence-corrected chi connectivity index (χ4v) is 2.50. The summed E-state index contributed by atoms with van der Waals surface area (Å²) in [7, 11) is 1.63. The summed E-state index contributed by atoms with van der Waals surface area (Å²) in [6.45, 7) is 7.41. The number of nitro groups is 1. The van der Waals surface area contributed by atoms with Crippen molar-refractivity contribution in [1.29, 1.82) is 0 Å². The molecular formula is C20H26N2O4. The third-order valence-corrected chi connectivity index (χ3v) is 3.99. The van der Waals surface area contributed by atoms with E-state index < -0.39 is 0 Å². The van der Waals surface area contributed by atoms with Crippen LogP contribution in [-0.2, 0) is 6.54 Å². The molecule has 1 atom stereocenters. The lowest BCUT2D eigenvalue weighted by atomic mass is 10.1. The Morgan fingerprint density at radius 3 is 2.54 bits per heavy atom. The summed E-state index contributed by atoms with van der Waals surface area (Å²) in [5.41, 5.74) is 2.03. The van der Waals surface area contributed by atoms with Gasteiger partial charge in [0.25, 0.3) is 5.69 Å². The topological polar surface area (TPSA) is 73.6 Å². The third-order valence-electron chi connectivity index (χ3n) is 3.99. The van der Waals surface area contributed by atoms with Crippen LogP contribution in [0.5, 0.6) is 11.5 Å². The number of nitrogens with one attached hydrogen (secondary N) is 1. The highest BCUT2D eigenvalue weighted by molar-refractivity contribution is 5.44. The van der Waals surface area contributed by atoms with Gasteiger partial charge in [0.05, 0.1) is 18.6 Å². The van der Waals surface area contributed by atoms with Crippen molar-refractivity contribution < 1.29 is 14.4 Å². The second-order valence-corrected chi connectivity index (χ2v) is 6.64. The molecular weight excluding hydrogens is 332 g/mol. The largest absolute Gasteiger partial charge is 0.493 e. The molecule has 6 heteroatoms. The van der Waals surface area contributed by atoms with Crippen molar-refractivity contribution in [2.75, 3.05) is 13.7 Å². The Balaban J connectivity index is 2.03. The standard InChI is InChI=1S/C20H26N2O4/c1-14(2)13-26-19-9-8-17(11-20(19)25-4)15(3)21-12-16-6-5-7-18(10-16)22(23)24/h5-11,14-15,21H,12-13H2,1-4H3. The quantitative estimate of drug-likeness (QED) is 0.528. The Labute approximate surface area is 154 Å². The summed E-state index contributed by atoms with van der Waals surface area (Å²) in [4.78, 5) is 10.5. The van der Waals surface area contributed by atoms with Gasteiger partial charge in [0, 0.05) is 24.7 Å². The van der Waals surface area contributed by atoms with Crippen molar-refractivity contribution >= 4 is 5.69 Å². The van der Waals surface area contributed by atoms with Gasteiger partial charge in [-0.15, -0.1) is 0 Å². The second kappa shape index (κ2) is 9.20. The van der Waals surface area contributed by atoms with Gasteiger partial charge >= 0.3 is 0 Å². The SMILES string of the molecule is COc1cc(C(C)NCc2cccc([N+](=O)[O-])c2)ccc1OCC(C)C. The number of nitrogens with zero attached hydrogens (tertiary/aromatic N) is 1. The van der Waals surface area contributed by atoms with Gasteiger partial charge in [0.15, 0.2) is 11.5 Å². The zero-order valence-electron chi connectivity index (χ0n) is 15.7. The number of nitro benzene ring substituents is 1. The molecule has 1 unspecified atom stereocenters. The molecule has 0 aliphatic heterocycles. The van der Waals surface area contributed by atoms with Gasteiger partial charge in [-0.25, -0.2) is 0 Å². The average molecular weight is 358 g/mol. The molecule has 0 aromatic heterocycles. The number of ether oxygens (including phenoxy) is 2. The molecule has 0 spiro atoms. The zero-order chi connectivity index (χ0) is 19.1. The maximum atomic E-state index is 10.9. The summed E-state index contributed by atoms with van der Waals surface area (Å²) in [5.74, 6) is 1.87. The molecule has 0 aliphatic carbocycles. The Kier molecular flexibility index (Phi) is 6.97. The molecule has 140 valence electrons. The van der Waals surface area contributed by atoms with Crippen molar-refractivity contribution in [2.45, 2.75) is 33.4 Å². The summed E-state index contributed by atoms with van der Waals surface area (Å²) >= 11 is 0. The first-order valence-corrected chi connectivity index (χ1v) is 8.68. The minimum atomic E-state index is -0.381. The highest BCUT2D eigenvalue weighted by Gasteiger charge is 2.12. The van der Waals surface area contributed by atoms with Gasteiger partial charge in [-0.2, -0.15) is 0 Å². The number of benzene rings is 2. The molecule has 2 aromatic rings. The predicted molar refractivity (Wildman–Crippen MR) is 102 cm³/mol. The Morgan fingerprint density at radius 1 is 1.12 bits per heavy atom. The smallest absolute Gasteiger partial charge is 0.269 e. The van der Waals surface area contributed by atoms with Crippen LogP contribution in [0.15, 0.2) is 42.5 Å². The lowest BCUT2D eigenvalue weighted by Gasteiger charge is -2.18. The van der Waals surface area contributed by atoms with Crippen molar-refractivity contribution in [1.82, 2.24) is 5.32 Å². The van der Waals surface area contributed by atoms with Crippen molar-refractivity contribution in [3.8, 4) is 11.5 Å². The number of hydrogen-bond donors (Lipinski definition) is 1. The average Bonchev–Trinajstić information content (AvgIpc) is 2.64. The molecule has 2 aromatic carbocycles. The summed E-state index contributed by atoms with van der Waals surface area (Å²) in [6.07, 6.45) is 0. The number of non-ortho nitro benzene ring substituents is 1. The Morgan fingerprint density at radius 2 is 1.88 bits per heavy atom. The molecule has 0 saturated heterocycles. The molecule has 0 amide bonds. The molecule has 0 bridgehead atoms. The van der Waals surface area contributed by atoms with Crippen LogP contribution in [0.4, 0.5) is 5.69 Å². The van der Waals surface area contributed by atoms with E-state index in [9.17, 15) is 10.1 Å². The van der Waals surface area contributed by atoms with Crippen LogP contribution < -0.4 is 14.8 Å². The van der Waals surface area contributed by atoms with Gasteiger partial charge in [0.2, 0.25) is 0 Å². The molecule has 0 aliphatic rings. The van der Waals surface area contributed by atoms with Gasteiger partial charge in [-0.1, -0.05) is 32.0 Å². The van der Waals surface area contributed by atoms with E-state index in [2.05, 4.69) is 19.2 Å². The first kappa shape index (κ1) is 19.7. The maximum Gasteiger partial charge on any atom is 0.269 e. The molecule has 0 radical (unpaired) electrons. The fourth-order valence-electron chi connectivity index (χ4n) is 2.50. The number of rotatable bonds is 9. The minimum Gasteiger partial charge on any atom is -0.493 e. The van der Waals surface area contributed by atoms with Gasteiger partial charge in [-0.05, 0) is 36.1 Å². The summed E-state index contributed by atoms with van der Waals surface area (Å²) in [6, 6.07) is 12.6. The summed E-state index contributed by atoms with van der Waals surface area (Å²) in [5, 5.41) is 14.3. The molecule has 0 heterocycles. The van der Waals surface area contributed by atoms with Crippen molar-refractivity contribution in [2.24, 2.45) is 5.92 Å². The molecule has 6 nitrogen and oxygen atoms in total. The molecule has 0 fully saturated rings. The predicted octanol–water partition coefficient (Wildman–Crippen LogP) is 4.49. The first-order chi connectivity index (χ1) is 12.4. The van der Waals surface area contributed by atoms with Gasteiger partial charge < -0.3 is 14.8 Å². The molecule has 0 saturated carbocycles. The minimum absolute atomic E-state index is 0.0577. The van der Waals surface area contributed by atoms with Crippen molar-refractivity contribution in [3.05, 3.63) is 63.7 Å². The van der Waals surface area contributed by atoms with Gasteiger partial charge in [0.1, 0.15) is 0 Å². The van der Waals surface area contributed by atoms with Crippen LogP contribution >= 0.6 is 0 Å². The summed E-state index contributed by atoms with van der Waals surface area (Å²) < 4.78 is 11.2. The van der Waals surface area contributed by atoms with Crippen molar-refractivity contribution in [3.63, 3.8) is 0 Å². The lowest BCUT2D eigenvalue weighted by Crippen LogP contribution is -2.18.